The van der Waals surface area contributed by atoms with E-state index in [2.05, 4.69) is 16.9 Å². The number of hydrogen-bond acceptors (Lipinski definition) is 3. The van der Waals surface area contributed by atoms with Gasteiger partial charge in [-0.3, -0.25) is 4.79 Å². The third-order valence-corrected chi connectivity index (χ3v) is 3.02. The van der Waals surface area contributed by atoms with Crippen LogP contribution in [0.15, 0.2) is 54.6 Å². The van der Waals surface area contributed by atoms with Gasteiger partial charge in [0, 0.05) is 0 Å². The predicted molar refractivity (Wildman–Crippen MR) is 74.6 cm³/mol. The van der Waals surface area contributed by atoms with Crippen molar-refractivity contribution in [2.45, 2.75) is 12.5 Å². The van der Waals surface area contributed by atoms with Gasteiger partial charge in [0.2, 0.25) is 0 Å². The normalized spacial score (nSPS) is 11.9. The Bertz CT molecular complexity index is 552. The fraction of sp³-hybridized carbons (Fsp3) is 0.188. The number of hydrogen-bond donors (Lipinski definition) is 1. The zero-order valence-corrected chi connectivity index (χ0v) is 10.9. The summed E-state index contributed by atoms with van der Waals surface area (Å²) in [5.74, 6) is -0.420. The summed E-state index contributed by atoms with van der Waals surface area (Å²) in [6.45, 7) is 0. The molecule has 0 bridgehead atoms. The van der Waals surface area contributed by atoms with Gasteiger partial charge in [0.25, 0.3) is 0 Å². The molecule has 0 radical (unpaired) electrons. The van der Waals surface area contributed by atoms with Crippen LogP contribution >= 0.6 is 0 Å². The van der Waals surface area contributed by atoms with E-state index in [9.17, 15) is 4.79 Å². The Morgan fingerprint density at radius 2 is 1.79 bits per heavy atom. The summed E-state index contributed by atoms with van der Waals surface area (Å²) >= 11 is 0. The minimum absolute atomic E-state index is 0.420. The molecule has 3 nitrogen and oxygen atoms in total. The number of methoxy groups -OCH3 is 1. The second-order valence-electron chi connectivity index (χ2n) is 4.41. The Morgan fingerprint density at radius 1 is 1.11 bits per heavy atom. The number of rotatable bonds is 4. The molecule has 0 saturated carbocycles. The van der Waals surface area contributed by atoms with Crippen LogP contribution in [0.4, 0.5) is 0 Å². The number of carbonyl (C=O) groups is 1. The summed E-state index contributed by atoms with van der Waals surface area (Å²) in [7, 11) is 1.34. The molecule has 2 aromatic rings. The lowest BCUT2D eigenvalue weighted by atomic mass is 10.00. The molecule has 19 heavy (non-hydrogen) atoms. The smallest absolute Gasteiger partial charge is 0.327 e. The summed E-state index contributed by atoms with van der Waals surface area (Å²) in [4.78, 5) is 11.4. The lowest BCUT2D eigenvalue weighted by molar-refractivity contribution is -0.142. The lowest BCUT2D eigenvalue weighted by Crippen LogP contribution is -2.22. The maximum atomic E-state index is 11.4. The zero-order chi connectivity index (χ0) is 13.7. The van der Waals surface area contributed by atoms with Crippen LogP contribution < -0.4 is 5.73 Å². The van der Waals surface area contributed by atoms with E-state index in [0.717, 1.165) is 17.5 Å². The van der Waals surface area contributed by atoms with Crippen LogP contribution in [0.5, 0.6) is 0 Å². The van der Waals surface area contributed by atoms with Crippen LogP contribution in [-0.2, 0) is 16.0 Å². The Hall–Kier alpha value is -2.13. The topological polar surface area (TPSA) is 52.3 Å². The molecule has 0 aliphatic rings. The molecule has 0 aliphatic heterocycles. The first-order valence-electron chi connectivity index (χ1n) is 6.17. The highest BCUT2D eigenvalue weighted by Gasteiger charge is 2.16. The predicted octanol–water partition coefficient (Wildman–Crippen LogP) is 2.45. The molecule has 2 aromatic carbocycles. The maximum Gasteiger partial charge on any atom is 0.327 e. The van der Waals surface area contributed by atoms with Crippen molar-refractivity contribution in [3.63, 3.8) is 0 Å². The van der Waals surface area contributed by atoms with Crippen molar-refractivity contribution < 1.29 is 9.53 Å². The highest BCUT2D eigenvalue weighted by molar-refractivity contribution is 5.77. The largest absolute Gasteiger partial charge is 0.468 e. The van der Waals surface area contributed by atoms with Crippen molar-refractivity contribution in [1.82, 2.24) is 0 Å². The molecule has 0 spiro atoms. The van der Waals surface area contributed by atoms with Crippen LogP contribution in [0.3, 0.4) is 0 Å². The average molecular weight is 255 g/mol. The summed E-state index contributed by atoms with van der Waals surface area (Å²) in [5, 5.41) is 0. The van der Waals surface area contributed by atoms with Gasteiger partial charge in [-0.25, -0.2) is 0 Å². The van der Waals surface area contributed by atoms with E-state index >= 15 is 0 Å². The van der Waals surface area contributed by atoms with E-state index in [-0.39, 0.29) is 0 Å². The third kappa shape index (κ3) is 3.42. The van der Waals surface area contributed by atoms with Crippen molar-refractivity contribution >= 4 is 5.97 Å². The summed E-state index contributed by atoms with van der Waals surface area (Å²) < 4.78 is 4.66. The minimum atomic E-state index is -0.722. The van der Waals surface area contributed by atoms with E-state index in [1.807, 2.05) is 42.5 Å². The summed E-state index contributed by atoms with van der Waals surface area (Å²) in [5.41, 5.74) is 8.97. The number of esters is 1. The molecule has 2 N–H and O–H groups in total. The van der Waals surface area contributed by atoms with Crippen LogP contribution in [0.25, 0.3) is 0 Å². The van der Waals surface area contributed by atoms with Crippen molar-refractivity contribution in [2.75, 3.05) is 7.11 Å². The van der Waals surface area contributed by atoms with Crippen molar-refractivity contribution in [1.29, 1.82) is 0 Å². The summed E-state index contributed by atoms with van der Waals surface area (Å²) in [6.07, 6.45) is 0.822. The van der Waals surface area contributed by atoms with E-state index in [0.29, 0.717) is 0 Å². The standard InChI is InChI=1S/C16H17NO2/c1-19-16(18)15(17)14-9-5-8-13(11-14)10-12-6-3-2-4-7-12/h2-9,11,15H,10,17H2,1H3. The van der Waals surface area contributed by atoms with Gasteiger partial charge in [-0.05, 0) is 23.1 Å². The van der Waals surface area contributed by atoms with Crippen molar-refractivity contribution in [2.24, 2.45) is 5.73 Å². The molecule has 1 unspecified atom stereocenters. The SMILES string of the molecule is COC(=O)C(N)c1cccc(Cc2ccccc2)c1. The fourth-order valence-corrected chi connectivity index (χ4v) is 1.99. The number of benzene rings is 2. The van der Waals surface area contributed by atoms with E-state index < -0.39 is 12.0 Å². The van der Waals surface area contributed by atoms with E-state index in [1.54, 1.807) is 0 Å². The highest BCUT2D eigenvalue weighted by atomic mass is 16.5. The van der Waals surface area contributed by atoms with Crippen LogP contribution in [0.2, 0.25) is 0 Å². The van der Waals surface area contributed by atoms with Gasteiger partial charge in [-0.15, -0.1) is 0 Å². The minimum Gasteiger partial charge on any atom is -0.468 e. The molecule has 0 aromatic heterocycles. The van der Waals surface area contributed by atoms with Crippen LogP contribution in [0.1, 0.15) is 22.7 Å². The molecule has 2 rings (SSSR count). The Labute approximate surface area is 113 Å². The van der Waals surface area contributed by atoms with Gasteiger partial charge < -0.3 is 10.5 Å². The molecule has 0 saturated heterocycles. The second-order valence-corrected chi connectivity index (χ2v) is 4.41. The number of carbonyl (C=O) groups excluding carboxylic acids is 1. The molecule has 0 heterocycles. The van der Waals surface area contributed by atoms with E-state index in [4.69, 9.17) is 5.73 Å². The monoisotopic (exact) mass is 255 g/mol. The number of nitrogens with two attached hydrogens (primary N) is 1. The molecule has 0 aliphatic carbocycles. The van der Waals surface area contributed by atoms with Crippen molar-refractivity contribution in [3.8, 4) is 0 Å². The quantitative estimate of drug-likeness (QED) is 0.854. The van der Waals surface area contributed by atoms with Gasteiger partial charge in [0.15, 0.2) is 0 Å². The molecular formula is C16H17NO2. The zero-order valence-electron chi connectivity index (χ0n) is 10.9. The molecule has 0 fully saturated rings. The first-order chi connectivity index (χ1) is 9.20. The third-order valence-electron chi connectivity index (χ3n) is 3.02. The lowest BCUT2D eigenvalue weighted by Gasteiger charge is -2.11. The first-order valence-corrected chi connectivity index (χ1v) is 6.17. The van der Waals surface area contributed by atoms with Gasteiger partial charge in [0.05, 0.1) is 7.11 Å². The molecule has 0 amide bonds. The molecular weight excluding hydrogens is 238 g/mol. The van der Waals surface area contributed by atoms with Gasteiger partial charge in [-0.1, -0.05) is 54.6 Å². The van der Waals surface area contributed by atoms with E-state index in [1.165, 1.54) is 12.7 Å². The maximum absolute atomic E-state index is 11.4. The van der Waals surface area contributed by atoms with Gasteiger partial charge in [-0.2, -0.15) is 0 Å². The Balaban J connectivity index is 2.18. The fourth-order valence-electron chi connectivity index (χ4n) is 1.99. The summed E-state index contributed by atoms with van der Waals surface area (Å²) in [6, 6.07) is 17.2. The molecule has 98 valence electrons. The molecule has 3 heteroatoms. The number of ether oxygens (including phenoxy) is 1. The van der Waals surface area contributed by atoms with Crippen LogP contribution in [0, 0.1) is 0 Å². The van der Waals surface area contributed by atoms with Gasteiger partial charge >= 0.3 is 5.97 Å². The average Bonchev–Trinajstić information content (AvgIpc) is 2.47. The molecule has 1 atom stereocenters. The Morgan fingerprint density at radius 3 is 2.47 bits per heavy atom. The van der Waals surface area contributed by atoms with Gasteiger partial charge in [0.1, 0.15) is 6.04 Å². The second kappa shape index (κ2) is 6.16. The Kier molecular flexibility index (Phi) is 4.31. The van der Waals surface area contributed by atoms with Crippen LogP contribution in [-0.4, -0.2) is 13.1 Å². The van der Waals surface area contributed by atoms with Crippen molar-refractivity contribution in [3.05, 3.63) is 71.3 Å². The first kappa shape index (κ1) is 13.3. The highest BCUT2D eigenvalue weighted by Crippen LogP contribution is 2.16.